The van der Waals surface area contributed by atoms with E-state index in [1.807, 2.05) is 30.5 Å². The minimum absolute atomic E-state index is 0.0662. The van der Waals surface area contributed by atoms with Crippen LogP contribution in [-0.2, 0) is 6.54 Å². The number of nitriles is 1. The number of nitrogens with zero attached hydrogens (tertiary/aromatic N) is 6. The lowest BCUT2D eigenvalue weighted by Crippen LogP contribution is -2.68. The molecule has 0 amide bonds. The predicted octanol–water partition coefficient (Wildman–Crippen LogP) is 2.57. The van der Waals surface area contributed by atoms with Crippen molar-refractivity contribution < 1.29 is 9.84 Å². The molecule has 194 valence electrons. The second-order valence-corrected chi connectivity index (χ2v) is 10.7. The normalized spacial score (nSPS) is 19.3. The van der Waals surface area contributed by atoms with Gasteiger partial charge in [-0.05, 0) is 50.1 Å². The first-order valence-corrected chi connectivity index (χ1v) is 12.7. The summed E-state index contributed by atoms with van der Waals surface area (Å²) in [5.41, 5.74) is 2.78. The smallest absolute Gasteiger partial charge is 0.248 e. The molecule has 3 aliphatic heterocycles. The number of ether oxygens (including phenoxy) is 1. The number of aromatic amines is 1. The first-order chi connectivity index (χ1) is 18.3. The largest absolute Gasteiger partial charge is 0.489 e. The maximum absolute atomic E-state index is 11.6. The van der Waals surface area contributed by atoms with Crippen molar-refractivity contribution >= 4 is 11.3 Å². The van der Waals surface area contributed by atoms with Crippen molar-refractivity contribution in [3.63, 3.8) is 0 Å². The third-order valence-electron chi connectivity index (χ3n) is 7.23. The van der Waals surface area contributed by atoms with Crippen molar-refractivity contribution in [3.8, 4) is 22.9 Å². The van der Waals surface area contributed by atoms with Crippen LogP contribution in [0.15, 0.2) is 59.9 Å². The molecule has 3 saturated heterocycles. The fourth-order valence-corrected chi connectivity index (χ4v) is 5.40. The second-order valence-electron chi connectivity index (χ2n) is 10.7. The van der Waals surface area contributed by atoms with E-state index in [0.717, 1.165) is 48.6 Å². The van der Waals surface area contributed by atoms with Gasteiger partial charge in [0.05, 0.1) is 29.1 Å². The molecular formula is C28H29N7O3. The number of hydrogen-bond acceptors (Lipinski definition) is 8. The Bertz CT molecular complexity index is 1570. The Morgan fingerprint density at radius 1 is 1.21 bits per heavy atom. The topological polar surface area (TPSA) is 123 Å². The lowest BCUT2D eigenvalue weighted by molar-refractivity contribution is -0.00871. The highest BCUT2D eigenvalue weighted by Crippen LogP contribution is 2.36. The molecule has 0 aliphatic carbocycles. The van der Waals surface area contributed by atoms with Crippen molar-refractivity contribution in [2.45, 2.75) is 44.5 Å². The van der Waals surface area contributed by atoms with E-state index in [-0.39, 0.29) is 12.2 Å². The number of hydrogen-bond donors (Lipinski definition) is 2. The molecule has 10 nitrogen and oxygen atoms in total. The third kappa shape index (κ3) is 4.62. The second kappa shape index (κ2) is 9.28. The highest BCUT2D eigenvalue weighted by atomic mass is 16.5. The van der Waals surface area contributed by atoms with Gasteiger partial charge in [0, 0.05) is 61.3 Å². The average molecular weight is 512 g/mol. The molecular weight excluding hydrogens is 482 g/mol. The molecule has 38 heavy (non-hydrogen) atoms. The Balaban J connectivity index is 1.22. The third-order valence-corrected chi connectivity index (χ3v) is 7.23. The Labute approximate surface area is 219 Å². The summed E-state index contributed by atoms with van der Waals surface area (Å²) < 4.78 is 7.47. The Hall–Kier alpha value is -4.20. The molecule has 0 spiro atoms. The Morgan fingerprint density at radius 3 is 2.71 bits per heavy atom. The van der Waals surface area contributed by atoms with E-state index in [0.29, 0.717) is 28.9 Å². The monoisotopic (exact) mass is 511 g/mol. The summed E-state index contributed by atoms with van der Waals surface area (Å²) in [5, 5.41) is 24.0. The van der Waals surface area contributed by atoms with Crippen LogP contribution in [0.3, 0.4) is 0 Å². The number of nitrogens with one attached hydrogen (secondary N) is 1. The van der Waals surface area contributed by atoms with Crippen LogP contribution in [0.4, 0.5) is 5.82 Å². The fourth-order valence-electron chi connectivity index (χ4n) is 5.40. The van der Waals surface area contributed by atoms with E-state index in [4.69, 9.17) is 9.72 Å². The molecule has 0 aromatic carbocycles. The van der Waals surface area contributed by atoms with Gasteiger partial charge >= 0.3 is 0 Å². The number of piperazine rings is 1. The van der Waals surface area contributed by atoms with Crippen LogP contribution < -0.4 is 15.2 Å². The van der Waals surface area contributed by atoms with Crippen molar-refractivity contribution in [2.24, 2.45) is 0 Å². The predicted molar refractivity (Wildman–Crippen MR) is 142 cm³/mol. The number of piperidine rings is 1. The van der Waals surface area contributed by atoms with Gasteiger partial charge in [-0.2, -0.15) is 10.4 Å². The van der Waals surface area contributed by atoms with Crippen LogP contribution in [-0.4, -0.2) is 67.0 Å². The van der Waals surface area contributed by atoms with Crippen molar-refractivity contribution in [2.75, 3.05) is 24.6 Å². The number of pyridine rings is 3. The SMILES string of the molecule is CC(C)(O)COc1cc(-c2ccc(N3CC4CC(C3)N4Cc3cc[nH]c(=O)c3)nc2)c2c(C#N)cnn2c1. The van der Waals surface area contributed by atoms with Crippen LogP contribution in [0, 0.1) is 11.3 Å². The van der Waals surface area contributed by atoms with Gasteiger partial charge in [-0.1, -0.05) is 0 Å². The van der Waals surface area contributed by atoms with Gasteiger partial charge in [0.25, 0.3) is 0 Å². The molecule has 2 N–H and O–H groups in total. The van der Waals surface area contributed by atoms with Crippen LogP contribution in [0.1, 0.15) is 31.4 Å². The minimum atomic E-state index is -0.982. The summed E-state index contributed by atoms with van der Waals surface area (Å²) in [6.07, 6.45) is 7.94. The molecule has 0 saturated carbocycles. The zero-order valence-electron chi connectivity index (χ0n) is 21.3. The standard InChI is InChI=1S/C28H29N7O3/c1-28(2,37)17-38-23-9-24(27-20(10-29)12-32-35(27)16-23)19-3-4-25(31-11-19)33-14-21-8-22(15-33)34(21)13-18-5-6-30-26(36)7-18/h3-7,9,11-12,16,21-22,37H,8,13-15,17H2,1-2H3,(H,30,36). The molecule has 2 atom stereocenters. The van der Waals surface area contributed by atoms with Crippen LogP contribution in [0.25, 0.3) is 16.6 Å². The van der Waals surface area contributed by atoms with Gasteiger partial charge < -0.3 is 19.7 Å². The first-order valence-electron chi connectivity index (χ1n) is 12.7. The van der Waals surface area contributed by atoms with E-state index in [2.05, 4.69) is 26.0 Å². The molecule has 3 aliphatic rings. The van der Waals surface area contributed by atoms with E-state index in [1.165, 1.54) is 6.20 Å². The zero-order valence-corrected chi connectivity index (χ0v) is 21.3. The van der Waals surface area contributed by atoms with Gasteiger partial charge in [0.2, 0.25) is 5.56 Å². The number of rotatable bonds is 7. The molecule has 3 fully saturated rings. The summed E-state index contributed by atoms with van der Waals surface area (Å²) >= 11 is 0. The molecule has 7 heterocycles. The number of aliphatic hydroxyl groups is 1. The minimum Gasteiger partial charge on any atom is -0.489 e. The van der Waals surface area contributed by atoms with Gasteiger partial charge in [-0.15, -0.1) is 0 Å². The Morgan fingerprint density at radius 2 is 2.03 bits per heavy atom. The van der Waals surface area contributed by atoms with E-state index in [9.17, 15) is 15.2 Å². The molecule has 4 aromatic rings. The molecule has 0 radical (unpaired) electrons. The van der Waals surface area contributed by atoms with Gasteiger partial charge in [-0.25, -0.2) is 9.50 Å². The lowest BCUT2D eigenvalue weighted by atomic mass is 9.87. The molecule has 7 rings (SSSR count). The van der Waals surface area contributed by atoms with E-state index < -0.39 is 5.60 Å². The summed E-state index contributed by atoms with van der Waals surface area (Å²) in [4.78, 5) is 23.9. The molecule has 10 heteroatoms. The summed E-state index contributed by atoms with van der Waals surface area (Å²) in [6.45, 7) is 6.05. The zero-order chi connectivity index (χ0) is 26.4. The summed E-state index contributed by atoms with van der Waals surface area (Å²) in [7, 11) is 0. The van der Waals surface area contributed by atoms with Gasteiger partial charge in [0.1, 0.15) is 24.2 Å². The summed E-state index contributed by atoms with van der Waals surface area (Å²) in [6, 6.07) is 12.6. The Kier molecular flexibility index (Phi) is 5.90. The fraction of sp³-hybridized carbons (Fsp3) is 0.357. The lowest BCUT2D eigenvalue weighted by Gasteiger charge is -2.56. The maximum atomic E-state index is 11.6. The van der Waals surface area contributed by atoms with Crippen molar-refractivity contribution in [3.05, 3.63) is 76.6 Å². The van der Waals surface area contributed by atoms with Gasteiger partial charge in [0.15, 0.2) is 0 Å². The van der Waals surface area contributed by atoms with Crippen LogP contribution >= 0.6 is 0 Å². The molecule has 4 aromatic heterocycles. The highest BCUT2D eigenvalue weighted by Gasteiger charge is 2.44. The first kappa shape index (κ1) is 24.2. The maximum Gasteiger partial charge on any atom is 0.248 e. The molecule has 2 bridgehead atoms. The number of H-pyrrole nitrogens is 1. The number of fused-ring (bicyclic) bond motifs is 3. The van der Waals surface area contributed by atoms with E-state index in [1.54, 1.807) is 36.8 Å². The van der Waals surface area contributed by atoms with Gasteiger partial charge in [-0.3, -0.25) is 9.69 Å². The number of aromatic nitrogens is 4. The van der Waals surface area contributed by atoms with Crippen molar-refractivity contribution in [1.29, 1.82) is 5.26 Å². The quantitative estimate of drug-likeness (QED) is 0.388. The average Bonchev–Trinajstić information content (AvgIpc) is 3.33. The van der Waals surface area contributed by atoms with E-state index >= 15 is 0 Å². The van der Waals surface area contributed by atoms with Crippen LogP contribution in [0.5, 0.6) is 5.75 Å². The van der Waals surface area contributed by atoms with Crippen LogP contribution in [0.2, 0.25) is 0 Å². The molecule has 2 unspecified atom stereocenters. The summed E-state index contributed by atoms with van der Waals surface area (Å²) in [5.74, 6) is 1.46. The number of anilines is 1. The van der Waals surface area contributed by atoms with Crippen molar-refractivity contribution in [1.82, 2.24) is 24.5 Å². The highest BCUT2D eigenvalue weighted by molar-refractivity contribution is 5.85.